The molecular weight excluding hydrogens is 168 g/mol. The summed E-state index contributed by atoms with van der Waals surface area (Å²) < 4.78 is 4.11. The number of esters is 2. The summed E-state index contributed by atoms with van der Waals surface area (Å²) in [6.07, 6.45) is -0.538. The molecule has 1 aliphatic heterocycles. The Labute approximate surface area is 67.6 Å². The predicted octanol–water partition coefficient (Wildman–Crippen LogP) is -0.929. The predicted molar refractivity (Wildman–Crippen MR) is 33.9 cm³/mol. The van der Waals surface area contributed by atoms with Gasteiger partial charge in [0.15, 0.2) is 5.60 Å². The molecule has 1 saturated heterocycles. The Morgan fingerprint density at radius 2 is 2.25 bits per heavy atom. The first-order valence-corrected chi connectivity index (χ1v) is 3.32. The molecule has 0 radical (unpaired) electrons. The van der Waals surface area contributed by atoms with Crippen LogP contribution in [-0.2, 0) is 19.2 Å². The number of aliphatic hydroxyl groups is 1. The van der Waals surface area contributed by atoms with Gasteiger partial charge in [-0.05, 0) is 0 Å². The maximum absolute atomic E-state index is 10.8. The molecule has 1 aliphatic rings. The molecule has 6 nitrogen and oxygen atoms in total. The first kappa shape index (κ1) is 9.11. The van der Waals surface area contributed by atoms with E-state index in [4.69, 9.17) is 5.26 Å². The van der Waals surface area contributed by atoms with Gasteiger partial charge in [-0.25, -0.2) is 9.68 Å². The number of ether oxygens (including phenoxy) is 1. The van der Waals surface area contributed by atoms with E-state index in [1.807, 2.05) is 0 Å². The van der Waals surface area contributed by atoms with Crippen molar-refractivity contribution in [3.8, 4) is 0 Å². The quantitative estimate of drug-likeness (QED) is 0.250. The molecule has 12 heavy (non-hydrogen) atoms. The van der Waals surface area contributed by atoms with Crippen LogP contribution in [0.15, 0.2) is 0 Å². The van der Waals surface area contributed by atoms with E-state index in [1.165, 1.54) is 0 Å². The summed E-state index contributed by atoms with van der Waals surface area (Å²) in [5.74, 6) is -1.75. The third kappa shape index (κ3) is 1.60. The van der Waals surface area contributed by atoms with Crippen LogP contribution in [0.4, 0.5) is 0 Å². The summed E-state index contributed by atoms with van der Waals surface area (Å²) in [6.45, 7) is -0.223. The zero-order chi connectivity index (χ0) is 9.19. The molecule has 0 bridgehead atoms. The van der Waals surface area contributed by atoms with Crippen molar-refractivity contribution in [2.45, 2.75) is 18.4 Å². The highest BCUT2D eigenvalue weighted by Crippen LogP contribution is 2.24. The molecule has 1 heterocycles. The Bertz CT molecular complexity index is 212. The fraction of sp³-hybridized carbons (Fsp3) is 0.667. The second-order valence-corrected chi connectivity index (χ2v) is 2.55. The minimum absolute atomic E-state index is 0.159. The fourth-order valence-corrected chi connectivity index (χ4v) is 0.950. The Morgan fingerprint density at radius 1 is 1.58 bits per heavy atom. The molecular formula is C6H8O6. The Morgan fingerprint density at radius 3 is 2.67 bits per heavy atom. The number of rotatable bonds is 3. The third-order valence-electron chi connectivity index (χ3n) is 1.63. The third-order valence-corrected chi connectivity index (χ3v) is 1.63. The summed E-state index contributed by atoms with van der Waals surface area (Å²) in [5.41, 5.74) is -1.82. The molecule has 68 valence electrons. The molecule has 1 rings (SSSR count). The van der Waals surface area contributed by atoms with E-state index >= 15 is 0 Å². The molecule has 0 aliphatic carbocycles. The van der Waals surface area contributed by atoms with Crippen molar-refractivity contribution >= 4 is 11.9 Å². The van der Waals surface area contributed by atoms with Crippen LogP contribution in [0.5, 0.6) is 0 Å². The summed E-state index contributed by atoms with van der Waals surface area (Å²) >= 11 is 0. The molecule has 0 aromatic rings. The molecule has 2 N–H and O–H groups in total. The molecule has 0 aromatic carbocycles. The van der Waals surface area contributed by atoms with Gasteiger partial charge >= 0.3 is 11.9 Å². The van der Waals surface area contributed by atoms with Crippen LogP contribution in [0.2, 0.25) is 0 Å². The lowest BCUT2D eigenvalue weighted by Crippen LogP contribution is -2.35. The van der Waals surface area contributed by atoms with Gasteiger partial charge in [0.1, 0.15) is 0 Å². The number of hydrogen-bond donors (Lipinski definition) is 2. The van der Waals surface area contributed by atoms with E-state index in [0.717, 1.165) is 0 Å². The lowest BCUT2D eigenvalue weighted by molar-refractivity contribution is -0.248. The molecule has 0 spiro atoms. The second kappa shape index (κ2) is 3.18. The van der Waals surface area contributed by atoms with Gasteiger partial charge < -0.3 is 9.84 Å². The topological polar surface area (TPSA) is 93.1 Å². The molecule has 0 aromatic heterocycles. The van der Waals surface area contributed by atoms with Crippen molar-refractivity contribution in [3.63, 3.8) is 0 Å². The van der Waals surface area contributed by atoms with Crippen LogP contribution in [0.3, 0.4) is 0 Å². The van der Waals surface area contributed by atoms with E-state index < -0.39 is 17.5 Å². The Hall–Kier alpha value is -0.980. The number of carbonyl (C=O) groups is 2. The fourth-order valence-electron chi connectivity index (χ4n) is 0.950. The zero-order valence-corrected chi connectivity index (χ0v) is 6.15. The van der Waals surface area contributed by atoms with Gasteiger partial charge in [-0.3, -0.25) is 10.1 Å². The van der Waals surface area contributed by atoms with Gasteiger partial charge in [0.2, 0.25) is 0 Å². The summed E-state index contributed by atoms with van der Waals surface area (Å²) in [7, 11) is 0. The van der Waals surface area contributed by atoms with E-state index in [2.05, 4.69) is 9.62 Å². The maximum Gasteiger partial charge on any atom is 0.346 e. The van der Waals surface area contributed by atoms with Gasteiger partial charge in [0.25, 0.3) is 0 Å². The van der Waals surface area contributed by atoms with E-state index in [-0.39, 0.29) is 19.4 Å². The summed E-state index contributed by atoms with van der Waals surface area (Å²) in [4.78, 5) is 25.0. The van der Waals surface area contributed by atoms with Crippen molar-refractivity contribution in [2.24, 2.45) is 0 Å². The highest BCUT2D eigenvalue weighted by Gasteiger charge is 2.47. The normalized spacial score (nSPS) is 29.2. The molecule has 0 amide bonds. The van der Waals surface area contributed by atoms with E-state index in [9.17, 15) is 14.7 Å². The average molecular weight is 176 g/mol. The number of cyclic esters (lactones) is 2. The van der Waals surface area contributed by atoms with Gasteiger partial charge in [0.05, 0.1) is 13.0 Å². The zero-order valence-electron chi connectivity index (χ0n) is 6.15. The summed E-state index contributed by atoms with van der Waals surface area (Å²) in [6, 6.07) is 0. The van der Waals surface area contributed by atoms with Crippen LogP contribution >= 0.6 is 0 Å². The molecule has 1 unspecified atom stereocenters. The first-order chi connectivity index (χ1) is 5.58. The van der Waals surface area contributed by atoms with Crippen LogP contribution in [0.1, 0.15) is 12.8 Å². The monoisotopic (exact) mass is 176 g/mol. The SMILES string of the molecule is O=C1CC(O)(CCOO)C(=O)O1. The molecule has 6 heteroatoms. The molecule has 1 fully saturated rings. The lowest BCUT2D eigenvalue weighted by atomic mass is 9.99. The van der Waals surface area contributed by atoms with Crippen molar-refractivity contribution in [1.29, 1.82) is 0 Å². The van der Waals surface area contributed by atoms with Crippen LogP contribution in [0, 0.1) is 0 Å². The minimum atomic E-state index is -1.82. The lowest BCUT2D eigenvalue weighted by Gasteiger charge is -2.14. The minimum Gasteiger partial charge on any atom is -0.391 e. The van der Waals surface area contributed by atoms with Crippen molar-refractivity contribution < 1.29 is 29.6 Å². The van der Waals surface area contributed by atoms with Crippen LogP contribution < -0.4 is 0 Å². The van der Waals surface area contributed by atoms with Crippen LogP contribution in [-0.4, -0.2) is 34.5 Å². The first-order valence-electron chi connectivity index (χ1n) is 3.32. The van der Waals surface area contributed by atoms with Gasteiger partial charge in [-0.1, -0.05) is 0 Å². The van der Waals surface area contributed by atoms with Crippen molar-refractivity contribution in [3.05, 3.63) is 0 Å². The maximum atomic E-state index is 10.8. The van der Waals surface area contributed by atoms with Gasteiger partial charge in [0, 0.05) is 6.42 Å². The smallest absolute Gasteiger partial charge is 0.346 e. The molecule has 1 atom stereocenters. The Balaban J connectivity index is 2.58. The largest absolute Gasteiger partial charge is 0.391 e. The standard InChI is InChI=1S/C6H8O6/c7-4-3-6(9,1-2-11-10)5(8)12-4/h9-10H,1-3H2. The van der Waals surface area contributed by atoms with E-state index in [1.54, 1.807) is 0 Å². The summed E-state index contributed by atoms with van der Waals surface area (Å²) in [5, 5.41) is 17.3. The molecule has 0 saturated carbocycles. The van der Waals surface area contributed by atoms with Crippen molar-refractivity contribution in [1.82, 2.24) is 0 Å². The Kier molecular flexibility index (Phi) is 2.41. The number of carbonyl (C=O) groups excluding carboxylic acids is 2. The van der Waals surface area contributed by atoms with Gasteiger partial charge in [-0.2, -0.15) is 0 Å². The highest BCUT2D eigenvalue weighted by molar-refractivity contribution is 5.99. The van der Waals surface area contributed by atoms with Gasteiger partial charge in [-0.15, -0.1) is 0 Å². The van der Waals surface area contributed by atoms with Crippen molar-refractivity contribution in [2.75, 3.05) is 6.61 Å². The second-order valence-electron chi connectivity index (χ2n) is 2.55. The average Bonchev–Trinajstić information content (AvgIpc) is 2.23. The van der Waals surface area contributed by atoms with E-state index in [0.29, 0.717) is 0 Å². The number of hydrogen-bond acceptors (Lipinski definition) is 6. The highest BCUT2D eigenvalue weighted by atomic mass is 17.1. The van der Waals surface area contributed by atoms with Crippen LogP contribution in [0.25, 0.3) is 0 Å².